The molecule has 0 unspecified atom stereocenters. The van der Waals surface area contributed by atoms with Crippen LogP contribution in [0.4, 0.5) is 4.39 Å². The lowest BCUT2D eigenvalue weighted by Gasteiger charge is -2.09. The molecule has 0 aliphatic carbocycles. The molecule has 144 valence electrons. The number of nitrogens with zero attached hydrogens (tertiary/aromatic N) is 1. The van der Waals surface area contributed by atoms with Crippen LogP contribution in [-0.2, 0) is 16.1 Å². The first-order valence-electron chi connectivity index (χ1n) is 8.83. The summed E-state index contributed by atoms with van der Waals surface area (Å²) in [6, 6.07) is 20.8. The summed E-state index contributed by atoms with van der Waals surface area (Å²) in [5.74, 6) is -0.0240. The summed E-state index contributed by atoms with van der Waals surface area (Å²) in [5.41, 5.74) is 2.28. The minimum Gasteiger partial charge on any atom is -0.488 e. The number of rotatable bonds is 5. The van der Waals surface area contributed by atoms with Gasteiger partial charge in [-0.3, -0.25) is 0 Å². The summed E-state index contributed by atoms with van der Waals surface area (Å²) >= 11 is 3.37. The third-order valence-electron chi connectivity index (χ3n) is 4.21. The number of cyclic esters (lactones) is 1. The van der Waals surface area contributed by atoms with Crippen molar-refractivity contribution in [1.82, 2.24) is 0 Å². The maximum atomic E-state index is 13.4. The van der Waals surface area contributed by atoms with Crippen molar-refractivity contribution in [3.05, 3.63) is 105 Å². The van der Waals surface area contributed by atoms with Crippen molar-refractivity contribution in [1.29, 1.82) is 0 Å². The zero-order valence-electron chi connectivity index (χ0n) is 15.1. The van der Waals surface area contributed by atoms with Crippen LogP contribution >= 0.6 is 15.9 Å². The second kappa shape index (κ2) is 8.41. The molecule has 1 aliphatic rings. The van der Waals surface area contributed by atoms with Crippen LogP contribution in [0.1, 0.15) is 16.7 Å². The van der Waals surface area contributed by atoms with E-state index in [1.54, 1.807) is 24.3 Å². The molecular weight excluding hydrogens is 437 g/mol. The predicted octanol–water partition coefficient (Wildman–Crippen LogP) is 5.51. The smallest absolute Gasteiger partial charge is 0.363 e. The van der Waals surface area contributed by atoms with Gasteiger partial charge in [0.1, 0.15) is 18.2 Å². The molecule has 0 bridgehead atoms. The van der Waals surface area contributed by atoms with Gasteiger partial charge in [0.05, 0.1) is 0 Å². The fraction of sp³-hybridized carbons (Fsp3) is 0.0435. The zero-order valence-corrected chi connectivity index (χ0v) is 16.7. The Bertz CT molecular complexity index is 1120. The van der Waals surface area contributed by atoms with E-state index >= 15 is 0 Å². The van der Waals surface area contributed by atoms with E-state index in [1.807, 2.05) is 42.5 Å². The maximum Gasteiger partial charge on any atom is 0.363 e. The SMILES string of the molecule is O=C1OC(c2ccc(Br)cc2)=N/C1=C\c1ccccc1OCc1cccc(F)c1. The number of aliphatic imine (C=N–C) groups is 1. The Morgan fingerprint density at radius 3 is 2.62 bits per heavy atom. The Balaban J connectivity index is 1.57. The number of esters is 1. The lowest BCUT2D eigenvalue weighted by Crippen LogP contribution is -2.05. The Kier molecular flexibility index (Phi) is 5.53. The standard InChI is InChI=1S/C23H15BrFNO3/c24-18-10-8-16(9-11-18)22-26-20(23(27)29-22)13-17-5-1-2-7-21(17)28-14-15-4-3-6-19(25)12-15/h1-13H,14H2/b20-13-. The summed E-state index contributed by atoms with van der Waals surface area (Å²) < 4.78 is 25.4. The van der Waals surface area contributed by atoms with Gasteiger partial charge in [-0.2, -0.15) is 0 Å². The molecule has 0 amide bonds. The van der Waals surface area contributed by atoms with E-state index in [9.17, 15) is 9.18 Å². The average molecular weight is 452 g/mol. The highest BCUT2D eigenvalue weighted by Crippen LogP contribution is 2.26. The molecule has 0 saturated carbocycles. The van der Waals surface area contributed by atoms with Crippen LogP contribution in [0, 0.1) is 5.82 Å². The molecule has 4 rings (SSSR count). The minimum absolute atomic E-state index is 0.185. The Morgan fingerprint density at radius 2 is 1.83 bits per heavy atom. The molecular formula is C23H15BrFNO3. The van der Waals surface area contributed by atoms with Crippen molar-refractivity contribution in [2.24, 2.45) is 4.99 Å². The van der Waals surface area contributed by atoms with E-state index in [1.165, 1.54) is 12.1 Å². The first-order chi connectivity index (χ1) is 14.1. The van der Waals surface area contributed by atoms with Gasteiger partial charge in [-0.25, -0.2) is 14.2 Å². The van der Waals surface area contributed by atoms with Gasteiger partial charge < -0.3 is 9.47 Å². The number of para-hydroxylation sites is 1. The first-order valence-corrected chi connectivity index (χ1v) is 9.62. The molecule has 0 aromatic heterocycles. The molecule has 0 fully saturated rings. The van der Waals surface area contributed by atoms with Crippen molar-refractivity contribution >= 4 is 33.9 Å². The molecule has 1 aliphatic heterocycles. The molecule has 0 atom stereocenters. The number of ether oxygens (including phenoxy) is 2. The van der Waals surface area contributed by atoms with Crippen LogP contribution in [0.5, 0.6) is 5.75 Å². The molecule has 3 aromatic carbocycles. The molecule has 4 nitrogen and oxygen atoms in total. The van der Waals surface area contributed by atoms with Crippen LogP contribution in [0.2, 0.25) is 0 Å². The summed E-state index contributed by atoms with van der Waals surface area (Å²) in [6.07, 6.45) is 1.62. The van der Waals surface area contributed by atoms with Gasteiger partial charge in [0.15, 0.2) is 5.70 Å². The monoisotopic (exact) mass is 451 g/mol. The average Bonchev–Trinajstić information content (AvgIpc) is 3.08. The molecule has 0 radical (unpaired) electrons. The molecule has 1 heterocycles. The van der Waals surface area contributed by atoms with E-state index < -0.39 is 5.97 Å². The van der Waals surface area contributed by atoms with E-state index in [-0.39, 0.29) is 24.0 Å². The predicted molar refractivity (Wildman–Crippen MR) is 112 cm³/mol. The number of halogens is 2. The maximum absolute atomic E-state index is 13.4. The van der Waals surface area contributed by atoms with Gasteiger partial charge in [-0.15, -0.1) is 0 Å². The Labute approximate surface area is 175 Å². The van der Waals surface area contributed by atoms with E-state index in [2.05, 4.69) is 20.9 Å². The summed E-state index contributed by atoms with van der Waals surface area (Å²) in [7, 11) is 0. The highest BCUT2D eigenvalue weighted by Gasteiger charge is 2.24. The second-order valence-electron chi connectivity index (χ2n) is 6.30. The Hall–Kier alpha value is -3.25. The minimum atomic E-state index is -0.525. The van der Waals surface area contributed by atoms with Crippen LogP contribution in [0.3, 0.4) is 0 Å². The van der Waals surface area contributed by atoms with Gasteiger partial charge in [0, 0.05) is 15.6 Å². The second-order valence-corrected chi connectivity index (χ2v) is 7.22. The lowest BCUT2D eigenvalue weighted by atomic mass is 10.1. The van der Waals surface area contributed by atoms with E-state index in [4.69, 9.17) is 9.47 Å². The first kappa shape index (κ1) is 19.1. The van der Waals surface area contributed by atoms with Crippen molar-refractivity contribution in [2.75, 3.05) is 0 Å². The van der Waals surface area contributed by atoms with Gasteiger partial charge in [-0.05, 0) is 54.1 Å². The third kappa shape index (κ3) is 4.60. The molecule has 0 spiro atoms. The lowest BCUT2D eigenvalue weighted by molar-refractivity contribution is -0.129. The highest BCUT2D eigenvalue weighted by molar-refractivity contribution is 9.10. The fourth-order valence-electron chi connectivity index (χ4n) is 2.79. The largest absolute Gasteiger partial charge is 0.488 e. The quantitative estimate of drug-likeness (QED) is 0.379. The summed E-state index contributed by atoms with van der Waals surface area (Å²) in [6.45, 7) is 0.204. The van der Waals surface area contributed by atoms with Crippen molar-refractivity contribution in [2.45, 2.75) is 6.61 Å². The number of hydrogen-bond donors (Lipinski definition) is 0. The number of hydrogen-bond acceptors (Lipinski definition) is 4. The Morgan fingerprint density at radius 1 is 1.03 bits per heavy atom. The van der Waals surface area contributed by atoms with Gasteiger partial charge in [0.2, 0.25) is 5.90 Å². The zero-order chi connectivity index (χ0) is 20.2. The molecule has 0 N–H and O–H groups in total. The molecule has 3 aromatic rings. The van der Waals surface area contributed by atoms with Gasteiger partial charge in [-0.1, -0.05) is 46.3 Å². The van der Waals surface area contributed by atoms with E-state index in [0.29, 0.717) is 22.4 Å². The molecule has 29 heavy (non-hydrogen) atoms. The van der Waals surface area contributed by atoms with Crippen molar-refractivity contribution in [3.63, 3.8) is 0 Å². The number of carbonyl (C=O) groups excluding carboxylic acids is 1. The van der Waals surface area contributed by atoms with Crippen LogP contribution in [-0.4, -0.2) is 11.9 Å². The van der Waals surface area contributed by atoms with Crippen LogP contribution in [0.25, 0.3) is 6.08 Å². The van der Waals surface area contributed by atoms with Crippen molar-refractivity contribution in [3.8, 4) is 5.75 Å². The van der Waals surface area contributed by atoms with Crippen LogP contribution in [0.15, 0.2) is 88.0 Å². The van der Waals surface area contributed by atoms with E-state index in [0.717, 1.165) is 4.47 Å². The number of carbonyl (C=O) groups is 1. The highest BCUT2D eigenvalue weighted by atomic mass is 79.9. The fourth-order valence-corrected chi connectivity index (χ4v) is 3.06. The summed E-state index contributed by atoms with van der Waals surface area (Å²) in [4.78, 5) is 16.6. The number of benzene rings is 3. The topological polar surface area (TPSA) is 47.9 Å². The van der Waals surface area contributed by atoms with Crippen molar-refractivity contribution < 1.29 is 18.7 Å². The molecule has 6 heteroatoms. The van der Waals surface area contributed by atoms with Crippen LogP contribution < -0.4 is 4.74 Å². The summed E-state index contributed by atoms with van der Waals surface area (Å²) in [5, 5.41) is 0. The third-order valence-corrected chi connectivity index (χ3v) is 4.73. The van der Waals surface area contributed by atoms with Gasteiger partial charge in [0.25, 0.3) is 0 Å². The normalized spacial score (nSPS) is 14.6. The molecule has 0 saturated heterocycles. The van der Waals surface area contributed by atoms with Gasteiger partial charge >= 0.3 is 5.97 Å².